The molecule has 6 heteroatoms. The van der Waals surface area contributed by atoms with Crippen molar-refractivity contribution in [2.45, 2.75) is 48.0 Å². The standard InChI is InChI=1S/C23H25N3O2S/c1-16-15-23(22(24)27,10-13-28-16)18-4-3-5-21(14-18)29-20-8-6-19(7-9-20)26-12-11-25-17(26)2/h3-9,11-12,14,16H,10,13,15H2,1-2H3,(H2,24,27)/t16-,23?/m0/s1. The SMILES string of the molecule is Cc1nccn1-c1ccc(Sc2cccc(C3(C(N)=O)CCO[C@@H](C)C3)c2)cc1. The highest BCUT2D eigenvalue weighted by Crippen LogP contribution is 2.39. The van der Waals surface area contributed by atoms with Crippen molar-refractivity contribution in [1.29, 1.82) is 0 Å². The lowest BCUT2D eigenvalue weighted by atomic mass is 9.72. The van der Waals surface area contributed by atoms with Gasteiger partial charge in [0.1, 0.15) is 5.82 Å². The van der Waals surface area contributed by atoms with Crippen LogP contribution in [0.25, 0.3) is 5.69 Å². The number of hydrogen-bond donors (Lipinski definition) is 1. The van der Waals surface area contributed by atoms with Gasteiger partial charge in [0.05, 0.1) is 11.5 Å². The fourth-order valence-electron chi connectivity index (χ4n) is 4.03. The van der Waals surface area contributed by atoms with Crippen LogP contribution in [0.3, 0.4) is 0 Å². The molecule has 1 aliphatic heterocycles. The molecule has 2 atom stereocenters. The highest BCUT2D eigenvalue weighted by Gasteiger charge is 2.42. The van der Waals surface area contributed by atoms with E-state index in [0.717, 1.165) is 26.9 Å². The Hall–Kier alpha value is -2.57. The van der Waals surface area contributed by atoms with Crippen LogP contribution in [0.15, 0.2) is 70.7 Å². The van der Waals surface area contributed by atoms with Gasteiger partial charge in [-0.3, -0.25) is 4.79 Å². The molecule has 1 aromatic heterocycles. The second-order valence-corrected chi connectivity index (χ2v) is 8.70. The van der Waals surface area contributed by atoms with E-state index in [1.165, 1.54) is 0 Å². The van der Waals surface area contributed by atoms with Crippen LogP contribution < -0.4 is 5.73 Å². The maximum absolute atomic E-state index is 12.4. The number of imidazole rings is 1. The maximum Gasteiger partial charge on any atom is 0.228 e. The molecule has 1 unspecified atom stereocenters. The Morgan fingerprint density at radius 3 is 2.69 bits per heavy atom. The number of carbonyl (C=O) groups excluding carboxylic acids is 1. The first-order valence-electron chi connectivity index (χ1n) is 9.78. The van der Waals surface area contributed by atoms with Gasteiger partial charge >= 0.3 is 0 Å². The van der Waals surface area contributed by atoms with Crippen LogP contribution in [-0.2, 0) is 14.9 Å². The molecule has 3 aromatic rings. The summed E-state index contributed by atoms with van der Waals surface area (Å²) in [5.41, 5.74) is 7.28. The quantitative estimate of drug-likeness (QED) is 0.686. The first-order valence-corrected chi connectivity index (χ1v) is 10.6. The number of benzene rings is 2. The van der Waals surface area contributed by atoms with Gasteiger partial charge in [0.25, 0.3) is 0 Å². The van der Waals surface area contributed by atoms with Crippen molar-refractivity contribution >= 4 is 17.7 Å². The fourth-order valence-corrected chi connectivity index (χ4v) is 4.91. The Morgan fingerprint density at radius 1 is 1.24 bits per heavy atom. The lowest BCUT2D eigenvalue weighted by molar-refractivity contribution is -0.129. The van der Waals surface area contributed by atoms with Crippen molar-refractivity contribution in [2.75, 3.05) is 6.61 Å². The van der Waals surface area contributed by atoms with Crippen LogP contribution >= 0.6 is 11.8 Å². The molecule has 0 bridgehead atoms. The Kier molecular flexibility index (Phi) is 5.48. The van der Waals surface area contributed by atoms with Gasteiger partial charge in [-0.25, -0.2) is 4.98 Å². The molecule has 0 radical (unpaired) electrons. The van der Waals surface area contributed by atoms with E-state index >= 15 is 0 Å². The summed E-state index contributed by atoms with van der Waals surface area (Å²) in [5.74, 6) is 0.690. The third-order valence-corrected chi connectivity index (χ3v) is 6.60. The molecule has 1 aliphatic rings. The third kappa shape index (κ3) is 3.95. The summed E-state index contributed by atoms with van der Waals surface area (Å²) in [6.45, 7) is 4.54. The molecule has 1 saturated heterocycles. The summed E-state index contributed by atoms with van der Waals surface area (Å²) in [6, 6.07) is 16.6. The van der Waals surface area contributed by atoms with Crippen LogP contribution in [-0.4, -0.2) is 28.2 Å². The van der Waals surface area contributed by atoms with Crippen molar-refractivity contribution in [3.05, 3.63) is 72.3 Å². The molecule has 2 aromatic carbocycles. The third-order valence-electron chi connectivity index (χ3n) is 5.60. The Bertz CT molecular complexity index is 1010. The number of aryl methyl sites for hydroxylation is 1. The molecule has 5 nitrogen and oxygen atoms in total. The first kappa shape index (κ1) is 19.7. The highest BCUT2D eigenvalue weighted by atomic mass is 32.2. The van der Waals surface area contributed by atoms with E-state index in [0.29, 0.717) is 19.4 Å². The van der Waals surface area contributed by atoms with Crippen LogP contribution in [0.2, 0.25) is 0 Å². The van der Waals surface area contributed by atoms with Crippen LogP contribution in [0.4, 0.5) is 0 Å². The Balaban J connectivity index is 1.58. The predicted molar refractivity (Wildman–Crippen MR) is 114 cm³/mol. The van der Waals surface area contributed by atoms with Gasteiger partial charge in [-0.1, -0.05) is 23.9 Å². The Morgan fingerprint density at radius 2 is 2.03 bits per heavy atom. The van der Waals surface area contributed by atoms with Crippen molar-refractivity contribution in [2.24, 2.45) is 5.73 Å². The zero-order valence-corrected chi connectivity index (χ0v) is 17.5. The van der Waals surface area contributed by atoms with Crippen LogP contribution in [0.5, 0.6) is 0 Å². The van der Waals surface area contributed by atoms with E-state index in [-0.39, 0.29) is 12.0 Å². The topological polar surface area (TPSA) is 70.1 Å². The van der Waals surface area contributed by atoms with E-state index in [4.69, 9.17) is 10.5 Å². The number of aromatic nitrogens is 2. The van der Waals surface area contributed by atoms with Crippen molar-refractivity contribution in [3.8, 4) is 5.69 Å². The number of nitrogens with zero attached hydrogens (tertiary/aromatic N) is 2. The molecule has 2 heterocycles. The van der Waals surface area contributed by atoms with E-state index in [1.807, 2.05) is 32.2 Å². The lowest BCUT2D eigenvalue weighted by Gasteiger charge is -2.38. The molecule has 0 aliphatic carbocycles. The zero-order chi connectivity index (χ0) is 20.4. The van der Waals surface area contributed by atoms with Gasteiger partial charge in [0, 0.05) is 34.5 Å². The van der Waals surface area contributed by atoms with Crippen molar-refractivity contribution < 1.29 is 9.53 Å². The zero-order valence-electron chi connectivity index (χ0n) is 16.7. The normalized spacial score (nSPS) is 21.8. The first-order chi connectivity index (χ1) is 14.0. The van der Waals surface area contributed by atoms with Gasteiger partial charge in [0.2, 0.25) is 5.91 Å². The average Bonchev–Trinajstić information content (AvgIpc) is 3.14. The smallest absolute Gasteiger partial charge is 0.228 e. The molecule has 29 heavy (non-hydrogen) atoms. The minimum Gasteiger partial charge on any atom is -0.378 e. The Labute approximate surface area is 175 Å². The minimum atomic E-state index is -0.656. The minimum absolute atomic E-state index is 0.0201. The van der Waals surface area contributed by atoms with E-state index in [1.54, 1.807) is 18.0 Å². The monoisotopic (exact) mass is 407 g/mol. The number of rotatable bonds is 5. The number of carbonyl (C=O) groups is 1. The summed E-state index contributed by atoms with van der Waals surface area (Å²) >= 11 is 1.68. The average molecular weight is 408 g/mol. The summed E-state index contributed by atoms with van der Waals surface area (Å²) in [6.07, 6.45) is 5.02. The summed E-state index contributed by atoms with van der Waals surface area (Å²) in [7, 11) is 0. The largest absolute Gasteiger partial charge is 0.378 e. The maximum atomic E-state index is 12.4. The number of nitrogens with two attached hydrogens (primary N) is 1. The van der Waals surface area contributed by atoms with E-state index in [9.17, 15) is 4.79 Å². The van der Waals surface area contributed by atoms with Crippen molar-refractivity contribution in [1.82, 2.24) is 9.55 Å². The number of amides is 1. The van der Waals surface area contributed by atoms with Gasteiger partial charge in [-0.2, -0.15) is 0 Å². The molecule has 0 spiro atoms. The van der Waals surface area contributed by atoms with Gasteiger partial charge in [0.15, 0.2) is 0 Å². The van der Waals surface area contributed by atoms with E-state index < -0.39 is 5.41 Å². The molecule has 1 amide bonds. The van der Waals surface area contributed by atoms with Crippen LogP contribution in [0.1, 0.15) is 31.2 Å². The molecule has 1 fully saturated rings. The molecule has 150 valence electrons. The number of hydrogen-bond acceptors (Lipinski definition) is 4. The lowest BCUT2D eigenvalue weighted by Crippen LogP contribution is -2.47. The predicted octanol–water partition coefficient (Wildman–Crippen LogP) is 4.25. The van der Waals surface area contributed by atoms with Gasteiger partial charge in [-0.05, 0) is 68.7 Å². The summed E-state index contributed by atoms with van der Waals surface area (Å²) in [4.78, 5) is 18.9. The molecule has 2 N–H and O–H groups in total. The number of primary amides is 1. The van der Waals surface area contributed by atoms with Gasteiger partial charge < -0.3 is 15.0 Å². The summed E-state index contributed by atoms with van der Waals surface area (Å²) < 4.78 is 7.71. The molecule has 4 rings (SSSR count). The fraction of sp³-hybridized carbons (Fsp3) is 0.304. The highest BCUT2D eigenvalue weighted by molar-refractivity contribution is 7.99. The summed E-state index contributed by atoms with van der Waals surface area (Å²) in [5, 5.41) is 0. The second-order valence-electron chi connectivity index (χ2n) is 7.55. The van der Waals surface area contributed by atoms with Crippen molar-refractivity contribution in [3.63, 3.8) is 0 Å². The second kappa shape index (κ2) is 8.05. The van der Waals surface area contributed by atoms with Crippen LogP contribution in [0, 0.1) is 6.92 Å². The van der Waals surface area contributed by atoms with E-state index in [2.05, 4.69) is 45.9 Å². The number of ether oxygens (including phenoxy) is 1. The van der Waals surface area contributed by atoms with Gasteiger partial charge in [-0.15, -0.1) is 0 Å². The molecular weight excluding hydrogens is 382 g/mol. The molecule has 0 saturated carbocycles. The molecular formula is C23H25N3O2S.